The van der Waals surface area contributed by atoms with Gasteiger partial charge < -0.3 is 4.90 Å². The third kappa shape index (κ3) is 7.03. The van der Waals surface area contributed by atoms with Crippen LogP contribution in [0.15, 0.2) is 206 Å². The minimum absolute atomic E-state index is 0.557. The first-order valence-electron chi connectivity index (χ1n) is 21.4. The van der Waals surface area contributed by atoms with Gasteiger partial charge in [-0.15, -0.1) is 11.3 Å². The minimum Gasteiger partial charge on any atom is -0.310 e. The first kappa shape index (κ1) is 37.0. The lowest BCUT2D eigenvalue weighted by molar-refractivity contribution is 1.12. The van der Waals surface area contributed by atoms with Crippen LogP contribution in [-0.4, -0.2) is 0 Å². The number of benzene rings is 9. The zero-order valence-corrected chi connectivity index (χ0v) is 35.3. The average Bonchev–Trinajstić information content (AvgIpc) is 4.09. The fourth-order valence-electron chi connectivity index (χ4n) is 9.26. The number of hydrogen-bond acceptors (Lipinski definition) is 2. The molecule has 0 atom stereocenters. The van der Waals surface area contributed by atoms with Gasteiger partial charge in [-0.1, -0.05) is 152 Å². The van der Waals surface area contributed by atoms with Crippen LogP contribution in [0.2, 0.25) is 0 Å². The number of nitrogens with zero attached hydrogens (tertiary/aromatic N) is 1. The second-order valence-electron chi connectivity index (χ2n) is 16.5. The van der Waals surface area contributed by atoms with E-state index in [2.05, 4.69) is 225 Å². The van der Waals surface area contributed by atoms with Gasteiger partial charge in [0.1, 0.15) is 0 Å². The molecule has 1 aliphatic rings. The van der Waals surface area contributed by atoms with Crippen LogP contribution in [0.5, 0.6) is 0 Å². The largest absolute Gasteiger partial charge is 0.310 e. The maximum Gasteiger partial charge on any atom is 0.0554 e. The van der Waals surface area contributed by atoms with E-state index in [0.717, 1.165) is 5.69 Å². The Balaban J connectivity index is 0.975. The summed E-state index contributed by atoms with van der Waals surface area (Å²) in [7, 11) is 0. The third-order valence-corrected chi connectivity index (χ3v) is 13.7. The quantitative estimate of drug-likeness (QED) is 0.141. The molecule has 292 valence electrons. The zero-order chi connectivity index (χ0) is 40.9. The van der Waals surface area contributed by atoms with E-state index in [-0.39, 0.29) is 0 Å². The van der Waals surface area contributed by atoms with Crippen molar-refractivity contribution in [1.82, 2.24) is 0 Å². The van der Waals surface area contributed by atoms with E-state index in [1.165, 1.54) is 117 Å². The lowest BCUT2D eigenvalue weighted by Crippen LogP contribution is -2.11. The van der Waals surface area contributed by atoms with Gasteiger partial charge in [-0.25, -0.2) is 0 Å². The Morgan fingerprint density at radius 1 is 0.393 bits per heavy atom. The van der Waals surface area contributed by atoms with Crippen LogP contribution in [-0.2, 0) is 0 Å². The maximum atomic E-state index is 2.49. The molecule has 10 aromatic rings. The molecule has 0 unspecified atom stereocenters. The normalized spacial score (nSPS) is 12.6. The van der Waals surface area contributed by atoms with E-state index in [4.69, 9.17) is 0 Å². The predicted octanol–water partition coefficient (Wildman–Crippen LogP) is 17.4. The highest BCUT2D eigenvalue weighted by atomic mass is 32.1. The molecule has 0 saturated heterocycles. The Morgan fingerprint density at radius 3 is 1.72 bits per heavy atom. The molecule has 1 aliphatic carbocycles. The molecule has 1 heterocycles. The van der Waals surface area contributed by atoms with Crippen molar-refractivity contribution in [3.8, 4) is 55.6 Å². The Morgan fingerprint density at radius 2 is 0.967 bits per heavy atom. The fourth-order valence-corrected chi connectivity index (χ4v) is 10.4. The van der Waals surface area contributed by atoms with E-state index < -0.39 is 0 Å². The summed E-state index contributed by atoms with van der Waals surface area (Å²) < 4.78 is 2.62. The van der Waals surface area contributed by atoms with Gasteiger partial charge in [-0.2, -0.15) is 0 Å². The summed E-state index contributed by atoms with van der Waals surface area (Å²) in [4.78, 5) is 2.49. The van der Waals surface area contributed by atoms with Crippen molar-refractivity contribution in [2.24, 2.45) is 0 Å². The van der Waals surface area contributed by atoms with Crippen LogP contribution < -0.4 is 4.90 Å². The molecule has 9 aromatic carbocycles. The van der Waals surface area contributed by atoms with Gasteiger partial charge in [-0.3, -0.25) is 0 Å². The van der Waals surface area contributed by atoms with Crippen molar-refractivity contribution < 1.29 is 0 Å². The number of thiophene rings is 1. The Labute approximate surface area is 362 Å². The molecule has 0 spiro atoms. The molecule has 1 nitrogen and oxygen atoms in total. The first-order chi connectivity index (χ1) is 30.1. The highest BCUT2D eigenvalue weighted by Gasteiger charge is 2.29. The van der Waals surface area contributed by atoms with Gasteiger partial charge in [-0.05, 0) is 160 Å². The molecular weight excluding hydrogens is 755 g/mol. The van der Waals surface area contributed by atoms with Crippen LogP contribution in [0.1, 0.15) is 35.4 Å². The van der Waals surface area contributed by atoms with E-state index in [1.807, 2.05) is 11.3 Å². The summed E-state index contributed by atoms with van der Waals surface area (Å²) in [6.45, 7) is 4.47. The van der Waals surface area contributed by atoms with E-state index in [9.17, 15) is 0 Å². The standard InChI is InChI=1S/C59H45NS/c1-39-13-6-7-20-51(39)48-19-11-18-46(37-48)44-16-10-17-45(36-44)47-29-33-52(40(2)35-47)53-34-32-50(38-55(53)43-25-26-43)60(49-30-27-42(28-31-49)41-14-4-3-5-15-41)56-22-12-24-58-59(56)54-21-8-9-23-57(54)61-58/h3-24,27-38,43H,25-26H2,1-2H3. The van der Waals surface area contributed by atoms with Gasteiger partial charge in [0.2, 0.25) is 0 Å². The third-order valence-electron chi connectivity index (χ3n) is 12.5. The van der Waals surface area contributed by atoms with Crippen molar-refractivity contribution in [2.45, 2.75) is 32.6 Å². The number of fused-ring (bicyclic) bond motifs is 3. The van der Waals surface area contributed by atoms with Gasteiger partial charge >= 0.3 is 0 Å². The molecule has 1 saturated carbocycles. The predicted molar refractivity (Wildman–Crippen MR) is 263 cm³/mol. The second-order valence-corrected chi connectivity index (χ2v) is 17.6. The summed E-state index contributed by atoms with van der Waals surface area (Å²) in [5.74, 6) is 0.557. The number of rotatable bonds is 9. The van der Waals surface area contributed by atoms with Crippen molar-refractivity contribution in [3.63, 3.8) is 0 Å². The van der Waals surface area contributed by atoms with Crippen LogP contribution in [0.3, 0.4) is 0 Å². The van der Waals surface area contributed by atoms with E-state index >= 15 is 0 Å². The summed E-state index contributed by atoms with van der Waals surface area (Å²) in [5, 5.41) is 2.61. The molecule has 0 radical (unpaired) electrons. The topological polar surface area (TPSA) is 3.24 Å². The molecule has 11 rings (SSSR count). The SMILES string of the molecule is Cc1ccccc1-c1cccc(-c2cccc(-c3ccc(-c4ccc(N(c5ccc(-c6ccccc6)cc5)c5cccc6sc7ccccc7c56)cc4C4CC4)c(C)c3)c2)c1. The van der Waals surface area contributed by atoms with Crippen LogP contribution in [0.4, 0.5) is 17.1 Å². The zero-order valence-electron chi connectivity index (χ0n) is 34.5. The highest BCUT2D eigenvalue weighted by Crippen LogP contribution is 2.50. The fraction of sp³-hybridized carbons (Fsp3) is 0.0847. The summed E-state index contributed by atoms with van der Waals surface area (Å²) in [6, 6.07) is 76.3. The molecule has 0 aliphatic heterocycles. The Bertz CT molecular complexity index is 3220. The van der Waals surface area contributed by atoms with Crippen molar-refractivity contribution in [3.05, 3.63) is 223 Å². The van der Waals surface area contributed by atoms with Crippen LogP contribution >= 0.6 is 11.3 Å². The van der Waals surface area contributed by atoms with Gasteiger partial charge in [0.25, 0.3) is 0 Å². The Hall–Kier alpha value is -7.00. The number of anilines is 3. The lowest BCUT2D eigenvalue weighted by Gasteiger charge is -2.28. The van der Waals surface area contributed by atoms with E-state index in [1.54, 1.807) is 0 Å². The first-order valence-corrected chi connectivity index (χ1v) is 22.3. The van der Waals surface area contributed by atoms with E-state index in [0.29, 0.717) is 5.92 Å². The van der Waals surface area contributed by atoms with Gasteiger partial charge in [0, 0.05) is 31.5 Å². The van der Waals surface area contributed by atoms with Gasteiger partial charge in [0.05, 0.1) is 5.69 Å². The van der Waals surface area contributed by atoms with Crippen molar-refractivity contribution in [1.29, 1.82) is 0 Å². The molecule has 61 heavy (non-hydrogen) atoms. The molecule has 2 heteroatoms. The Kier molecular flexibility index (Phi) is 9.44. The molecule has 0 bridgehead atoms. The molecular formula is C59H45NS. The number of hydrogen-bond donors (Lipinski definition) is 0. The second kappa shape index (κ2) is 15.6. The maximum absolute atomic E-state index is 2.49. The average molecular weight is 800 g/mol. The monoisotopic (exact) mass is 799 g/mol. The summed E-state index contributed by atoms with van der Waals surface area (Å²) in [6.07, 6.45) is 2.45. The molecule has 1 fully saturated rings. The molecule has 0 N–H and O–H groups in total. The van der Waals surface area contributed by atoms with Gasteiger partial charge in [0.15, 0.2) is 0 Å². The minimum atomic E-state index is 0.557. The summed E-state index contributed by atoms with van der Waals surface area (Å²) in [5.41, 5.74) is 20.1. The molecule has 0 amide bonds. The molecule has 1 aromatic heterocycles. The van der Waals surface area contributed by atoms with Crippen LogP contribution in [0, 0.1) is 13.8 Å². The number of aryl methyl sites for hydroxylation is 2. The van der Waals surface area contributed by atoms with Crippen molar-refractivity contribution in [2.75, 3.05) is 4.90 Å². The smallest absolute Gasteiger partial charge is 0.0554 e. The summed E-state index contributed by atoms with van der Waals surface area (Å²) >= 11 is 1.88. The lowest BCUT2D eigenvalue weighted by atomic mass is 9.90. The van der Waals surface area contributed by atoms with Crippen molar-refractivity contribution >= 4 is 48.6 Å². The van der Waals surface area contributed by atoms with Crippen LogP contribution in [0.25, 0.3) is 75.8 Å². The highest BCUT2D eigenvalue weighted by molar-refractivity contribution is 7.26.